The maximum atomic E-state index is 4.93. The number of para-hydroxylation sites is 2. The molecular weight excluding hydrogens is 739 g/mol. The van der Waals surface area contributed by atoms with E-state index in [-0.39, 0.29) is 0 Å². The minimum atomic E-state index is 0.691. The van der Waals surface area contributed by atoms with E-state index >= 15 is 0 Å². The first-order valence-corrected chi connectivity index (χ1v) is 21.2. The molecule has 0 unspecified atom stereocenters. The van der Waals surface area contributed by atoms with Gasteiger partial charge in [-0.3, -0.25) is 9.98 Å². The summed E-state index contributed by atoms with van der Waals surface area (Å²) in [5, 5.41) is 8.56. The van der Waals surface area contributed by atoms with E-state index in [4.69, 9.17) is 4.98 Å². The number of aryl methyl sites for hydroxylation is 1. The molecule has 1 aromatic heterocycles. The van der Waals surface area contributed by atoms with E-state index in [1.165, 1.54) is 76.8 Å². The van der Waals surface area contributed by atoms with E-state index < -0.39 is 0 Å². The number of aliphatic imine (C=N–C) groups is 1. The predicted molar refractivity (Wildman–Crippen MR) is 262 cm³/mol. The molecule has 61 heavy (non-hydrogen) atoms. The molecule has 0 fully saturated rings. The Morgan fingerprint density at radius 1 is 0.574 bits per heavy atom. The quantitative estimate of drug-likeness (QED) is 0.119. The lowest BCUT2D eigenvalue weighted by Crippen LogP contribution is -2.22. The molecule has 0 radical (unpaired) electrons. The van der Waals surface area contributed by atoms with Crippen molar-refractivity contribution in [1.29, 1.82) is 0 Å². The van der Waals surface area contributed by atoms with Gasteiger partial charge in [-0.1, -0.05) is 146 Å². The maximum Gasteiger partial charge on any atom is 0.0859 e. The van der Waals surface area contributed by atoms with Gasteiger partial charge in [-0.2, -0.15) is 0 Å². The molecule has 10 aromatic rings. The molecule has 3 nitrogen and oxygen atoms in total. The standard InChI is InChI=1S/C58H43N3/c1-4-13-40-32-44(24-21-37(40)5-2)55-47-17-8-9-18-48(47)56(45-25-22-38-14-6-7-15-41(38)33-45)51-34-42(27-29-49(51)55)43-28-30-50-54(35-43)61(53-20-11-10-19-52(53)59-3)36-46-26-23-39-16-12-31-60-58(39)57(46)50/h4,6-35H,3,5,36H2,1-2H3/b13-4-. The number of rotatable bonds is 7. The average molecular weight is 782 g/mol. The van der Waals surface area contributed by atoms with Gasteiger partial charge in [-0.05, 0) is 145 Å². The summed E-state index contributed by atoms with van der Waals surface area (Å²) in [4.78, 5) is 11.8. The van der Waals surface area contributed by atoms with Crippen LogP contribution in [0.15, 0.2) is 187 Å². The fourth-order valence-electron chi connectivity index (χ4n) is 9.79. The van der Waals surface area contributed by atoms with Crippen LogP contribution in [0.25, 0.3) is 93.8 Å². The number of anilines is 2. The van der Waals surface area contributed by atoms with Crippen LogP contribution in [0.2, 0.25) is 0 Å². The lowest BCUT2D eigenvalue weighted by atomic mass is 9.83. The maximum absolute atomic E-state index is 4.93. The molecule has 0 atom stereocenters. The van der Waals surface area contributed by atoms with Crippen molar-refractivity contribution in [3.05, 3.63) is 199 Å². The third kappa shape index (κ3) is 6.04. The summed E-state index contributed by atoms with van der Waals surface area (Å²) >= 11 is 0. The molecule has 2 heterocycles. The highest BCUT2D eigenvalue weighted by molar-refractivity contribution is 6.22. The van der Waals surface area contributed by atoms with Crippen molar-refractivity contribution in [3.63, 3.8) is 0 Å². The number of benzene rings is 9. The second-order valence-corrected chi connectivity index (χ2v) is 16.0. The number of allylic oxidation sites excluding steroid dienone is 1. The van der Waals surface area contributed by atoms with Gasteiger partial charge in [0.25, 0.3) is 0 Å². The van der Waals surface area contributed by atoms with E-state index in [1.54, 1.807) is 0 Å². The minimum absolute atomic E-state index is 0.691. The predicted octanol–water partition coefficient (Wildman–Crippen LogP) is 15.9. The van der Waals surface area contributed by atoms with Gasteiger partial charge in [0.05, 0.1) is 22.6 Å². The number of hydrogen-bond acceptors (Lipinski definition) is 3. The van der Waals surface area contributed by atoms with Crippen LogP contribution in [-0.2, 0) is 13.0 Å². The fourth-order valence-corrected chi connectivity index (χ4v) is 9.79. The van der Waals surface area contributed by atoms with Crippen LogP contribution in [0.4, 0.5) is 17.1 Å². The van der Waals surface area contributed by atoms with Crippen LogP contribution in [0.1, 0.15) is 30.5 Å². The van der Waals surface area contributed by atoms with Gasteiger partial charge in [0.2, 0.25) is 0 Å². The Bertz CT molecular complexity index is 3430. The Kier molecular flexibility index (Phi) is 8.90. The van der Waals surface area contributed by atoms with Crippen molar-refractivity contribution < 1.29 is 0 Å². The number of nitrogens with zero attached hydrogens (tertiary/aromatic N) is 3. The van der Waals surface area contributed by atoms with Gasteiger partial charge in [0.15, 0.2) is 0 Å². The van der Waals surface area contributed by atoms with Crippen LogP contribution in [0.5, 0.6) is 0 Å². The zero-order valence-corrected chi connectivity index (χ0v) is 34.4. The van der Waals surface area contributed by atoms with E-state index in [0.29, 0.717) is 6.54 Å². The summed E-state index contributed by atoms with van der Waals surface area (Å²) < 4.78 is 0. The van der Waals surface area contributed by atoms with Crippen molar-refractivity contribution in [2.45, 2.75) is 26.8 Å². The molecule has 11 rings (SSSR count). The van der Waals surface area contributed by atoms with E-state index in [2.05, 4.69) is 194 Å². The molecule has 0 bridgehead atoms. The van der Waals surface area contributed by atoms with Crippen molar-refractivity contribution >= 4 is 73.1 Å². The zero-order valence-electron chi connectivity index (χ0n) is 34.4. The third-order valence-electron chi connectivity index (χ3n) is 12.6. The van der Waals surface area contributed by atoms with Crippen molar-refractivity contribution in [3.8, 4) is 44.5 Å². The molecule has 0 N–H and O–H groups in total. The Morgan fingerprint density at radius 3 is 2.08 bits per heavy atom. The summed E-state index contributed by atoms with van der Waals surface area (Å²) in [5.74, 6) is 0. The van der Waals surface area contributed by atoms with Gasteiger partial charge in [0.1, 0.15) is 0 Å². The number of fused-ring (bicyclic) bond motifs is 8. The summed E-state index contributed by atoms with van der Waals surface area (Å²) in [7, 11) is 0. The third-order valence-corrected chi connectivity index (χ3v) is 12.6. The molecule has 0 saturated carbocycles. The van der Waals surface area contributed by atoms with Gasteiger partial charge in [-0.15, -0.1) is 0 Å². The lowest BCUT2D eigenvalue weighted by molar-refractivity contribution is 0.963. The Balaban J connectivity index is 1.19. The Hall–Kier alpha value is -7.62. The van der Waals surface area contributed by atoms with Crippen LogP contribution in [-0.4, -0.2) is 11.7 Å². The zero-order chi connectivity index (χ0) is 41.0. The van der Waals surface area contributed by atoms with E-state index in [9.17, 15) is 0 Å². The number of hydrogen-bond donors (Lipinski definition) is 0. The Labute approximate surface area is 356 Å². The first-order valence-electron chi connectivity index (χ1n) is 21.2. The van der Waals surface area contributed by atoms with Crippen molar-refractivity contribution in [1.82, 2.24) is 4.98 Å². The highest BCUT2D eigenvalue weighted by atomic mass is 15.2. The molecule has 0 amide bonds. The summed E-state index contributed by atoms with van der Waals surface area (Å²) in [6.45, 7) is 8.98. The first kappa shape index (κ1) is 36.5. The van der Waals surface area contributed by atoms with E-state index in [0.717, 1.165) is 51.1 Å². The first-order chi connectivity index (χ1) is 30.1. The smallest absolute Gasteiger partial charge is 0.0859 e. The van der Waals surface area contributed by atoms with Crippen LogP contribution in [0, 0.1) is 0 Å². The highest BCUT2D eigenvalue weighted by Crippen LogP contribution is 2.50. The Morgan fingerprint density at radius 2 is 1.25 bits per heavy atom. The summed E-state index contributed by atoms with van der Waals surface area (Å²) in [6, 6.07) is 62.6. The molecule has 1 aliphatic heterocycles. The van der Waals surface area contributed by atoms with Gasteiger partial charge >= 0.3 is 0 Å². The molecule has 3 heteroatoms. The van der Waals surface area contributed by atoms with Crippen molar-refractivity contribution in [2.75, 3.05) is 4.90 Å². The van der Waals surface area contributed by atoms with Gasteiger partial charge in [-0.25, -0.2) is 0 Å². The minimum Gasteiger partial charge on any atom is -0.335 e. The van der Waals surface area contributed by atoms with Crippen LogP contribution in [0.3, 0.4) is 0 Å². The second kappa shape index (κ2) is 14.9. The van der Waals surface area contributed by atoms with Crippen LogP contribution < -0.4 is 4.90 Å². The molecule has 0 spiro atoms. The van der Waals surface area contributed by atoms with E-state index in [1.807, 2.05) is 24.4 Å². The van der Waals surface area contributed by atoms with Gasteiger partial charge in [0, 0.05) is 29.3 Å². The fraction of sp³-hybridized carbons (Fsp3) is 0.0690. The topological polar surface area (TPSA) is 28.5 Å². The SMILES string of the molecule is C=Nc1ccccc1N1Cc2ccc3cccnc3c2-c2ccc(-c3ccc4c(-c5ccc(CC)c(/C=C\C)c5)c5ccccc5c(-c5ccc6ccccc6c5)c4c3)cc21. The summed E-state index contributed by atoms with van der Waals surface area (Å²) in [5.41, 5.74) is 17.5. The van der Waals surface area contributed by atoms with Crippen LogP contribution >= 0.6 is 0 Å². The molecule has 0 saturated heterocycles. The molecule has 290 valence electrons. The highest BCUT2D eigenvalue weighted by Gasteiger charge is 2.28. The number of pyridine rings is 1. The largest absolute Gasteiger partial charge is 0.335 e. The molecule has 0 aliphatic carbocycles. The second-order valence-electron chi connectivity index (χ2n) is 16.0. The lowest BCUT2D eigenvalue weighted by Gasteiger charge is -2.34. The number of aromatic nitrogens is 1. The molecular formula is C58H43N3. The monoisotopic (exact) mass is 781 g/mol. The molecule has 1 aliphatic rings. The van der Waals surface area contributed by atoms with Gasteiger partial charge < -0.3 is 4.90 Å². The summed E-state index contributed by atoms with van der Waals surface area (Å²) in [6.07, 6.45) is 7.28. The average Bonchev–Trinajstić information content (AvgIpc) is 3.32. The van der Waals surface area contributed by atoms with Crippen molar-refractivity contribution in [2.24, 2.45) is 4.99 Å². The normalized spacial score (nSPS) is 12.4. The molecule has 9 aromatic carbocycles.